The maximum atomic E-state index is 11.4. The Morgan fingerprint density at radius 1 is 1.31 bits per heavy atom. The number of carboxylic acid groups (broad SMARTS) is 1. The van der Waals surface area contributed by atoms with Crippen LogP contribution in [0.25, 0.3) is 0 Å². The smallest absolute Gasteiger partial charge is 0.307 e. The van der Waals surface area contributed by atoms with E-state index in [2.05, 4.69) is 5.32 Å². The van der Waals surface area contributed by atoms with Gasteiger partial charge in [0.15, 0.2) is 0 Å². The highest BCUT2D eigenvalue weighted by Crippen LogP contribution is 2.10. The minimum atomic E-state index is -3.61. The number of aliphatic carboxylic acids is 1. The summed E-state index contributed by atoms with van der Waals surface area (Å²) in [5.41, 5.74) is 0. The lowest BCUT2D eigenvalue weighted by molar-refractivity contribution is -0.146. The molecule has 4 N–H and O–H groups in total. The number of hydrogen-bond acceptors (Lipinski definition) is 4. The molecule has 0 aliphatic rings. The standard InChI is InChI=1S/C8H16N2O5S/c1-5(6(2)8(12)13)7(11)10-3-4-16(9,14)15/h5-6H,3-4H2,1-2H3,(H,10,11)(H,12,13)(H2,9,14,15). The van der Waals surface area contributed by atoms with Crippen LogP contribution < -0.4 is 10.5 Å². The molecule has 2 unspecified atom stereocenters. The van der Waals surface area contributed by atoms with Crippen molar-refractivity contribution in [3.05, 3.63) is 0 Å². The van der Waals surface area contributed by atoms with Gasteiger partial charge in [-0.2, -0.15) is 0 Å². The van der Waals surface area contributed by atoms with Gasteiger partial charge < -0.3 is 10.4 Å². The van der Waals surface area contributed by atoms with E-state index in [1.807, 2.05) is 0 Å². The average Bonchev–Trinajstić information content (AvgIpc) is 2.13. The SMILES string of the molecule is CC(C(=O)O)C(C)C(=O)NCCS(N)(=O)=O. The van der Waals surface area contributed by atoms with E-state index in [0.29, 0.717) is 0 Å². The Kier molecular flexibility index (Phi) is 5.39. The van der Waals surface area contributed by atoms with Crippen LogP contribution in [0.5, 0.6) is 0 Å². The van der Waals surface area contributed by atoms with Crippen molar-refractivity contribution < 1.29 is 23.1 Å². The molecule has 8 heteroatoms. The molecule has 0 heterocycles. The second-order valence-corrected chi connectivity index (χ2v) is 5.31. The number of sulfonamides is 1. The summed E-state index contributed by atoms with van der Waals surface area (Å²) < 4.78 is 21.1. The Balaban J connectivity index is 4.12. The largest absolute Gasteiger partial charge is 0.481 e. The summed E-state index contributed by atoms with van der Waals surface area (Å²) in [5.74, 6) is -3.49. The molecule has 2 atom stereocenters. The van der Waals surface area contributed by atoms with E-state index in [-0.39, 0.29) is 12.3 Å². The summed E-state index contributed by atoms with van der Waals surface area (Å²) in [6.07, 6.45) is 0. The summed E-state index contributed by atoms with van der Waals surface area (Å²) in [6, 6.07) is 0. The van der Waals surface area contributed by atoms with E-state index >= 15 is 0 Å². The first-order valence-electron chi connectivity index (χ1n) is 4.66. The number of amides is 1. The number of rotatable bonds is 6. The molecule has 1 amide bonds. The minimum absolute atomic E-state index is 0.117. The first-order chi connectivity index (χ1) is 7.15. The lowest BCUT2D eigenvalue weighted by atomic mass is 9.95. The molecular formula is C8H16N2O5S. The quantitative estimate of drug-likeness (QED) is 0.544. The lowest BCUT2D eigenvalue weighted by Crippen LogP contribution is -2.38. The second kappa shape index (κ2) is 5.80. The molecule has 0 aliphatic heterocycles. The van der Waals surface area contributed by atoms with Gasteiger partial charge in [-0.1, -0.05) is 13.8 Å². The van der Waals surface area contributed by atoms with Crippen molar-refractivity contribution in [3.8, 4) is 0 Å². The van der Waals surface area contributed by atoms with Crippen LogP contribution >= 0.6 is 0 Å². The van der Waals surface area contributed by atoms with E-state index < -0.39 is 33.7 Å². The molecule has 94 valence electrons. The zero-order chi connectivity index (χ0) is 12.9. The highest BCUT2D eigenvalue weighted by molar-refractivity contribution is 7.89. The number of carbonyl (C=O) groups excluding carboxylic acids is 1. The lowest BCUT2D eigenvalue weighted by Gasteiger charge is -2.15. The van der Waals surface area contributed by atoms with Crippen LogP contribution in [0.3, 0.4) is 0 Å². The maximum absolute atomic E-state index is 11.4. The highest BCUT2D eigenvalue weighted by atomic mass is 32.2. The molecule has 0 spiro atoms. The summed E-state index contributed by atoms with van der Waals surface area (Å²) in [5, 5.41) is 15.7. The number of primary sulfonamides is 1. The van der Waals surface area contributed by atoms with Crippen LogP contribution in [-0.2, 0) is 19.6 Å². The predicted octanol–water partition coefficient (Wildman–Crippen LogP) is -1.25. The predicted molar refractivity (Wildman–Crippen MR) is 56.9 cm³/mol. The number of nitrogens with two attached hydrogens (primary N) is 1. The zero-order valence-electron chi connectivity index (χ0n) is 9.13. The van der Waals surface area contributed by atoms with E-state index in [1.54, 1.807) is 0 Å². The van der Waals surface area contributed by atoms with Crippen molar-refractivity contribution in [3.63, 3.8) is 0 Å². The van der Waals surface area contributed by atoms with Crippen molar-refractivity contribution in [1.82, 2.24) is 5.32 Å². The Bertz CT molecular complexity index is 365. The van der Waals surface area contributed by atoms with Crippen LogP contribution in [0.2, 0.25) is 0 Å². The Morgan fingerprint density at radius 3 is 2.19 bits per heavy atom. The first kappa shape index (κ1) is 14.8. The van der Waals surface area contributed by atoms with Crippen molar-refractivity contribution >= 4 is 21.9 Å². The summed E-state index contributed by atoms with van der Waals surface area (Å²) in [6.45, 7) is 2.76. The fraction of sp³-hybridized carbons (Fsp3) is 0.750. The molecule has 7 nitrogen and oxygen atoms in total. The fourth-order valence-electron chi connectivity index (χ4n) is 0.918. The van der Waals surface area contributed by atoms with Gasteiger partial charge in [-0.3, -0.25) is 9.59 Å². The van der Waals surface area contributed by atoms with Gasteiger partial charge in [0.2, 0.25) is 15.9 Å². The molecule has 0 aromatic carbocycles. The van der Waals surface area contributed by atoms with Crippen molar-refractivity contribution in [2.75, 3.05) is 12.3 Å². The molecule has 0 saturated carbocycles. The number of carbonyl (C=O) groups is 2. The van der Waals surface area contributed by atoms with Crippen LogP contribution in [0, 0.1) is 11.8 Å². The van der Waals surface area contributed by atoms with Crippen molar-refractivity contribution in [2.24, 2.45) is 17.0 Å². The third kappa shape index (κ3) is 5.66. The highest BCUT2D eigenvalue weighted by Gasteiger charge is 2.25. The van der Waals surface area contributed by atoms with Crippen LogP contribution in [-0.4, -0.2) is 37.7 Å². The molecule has 0 rings (SSSR count). The summed E-state index contributed by atoms with van der Waals surface area (Å²) in [7, 11) is -3.61. The normalized spacial score (nSPS) is 15.2. The third-order valence-electron chi connectivity index (χ3n) is 2.24. The molecular weight excluding hydrogens is 236 g/mol. The van der Waals surface area contributed by atoms with Crippen LogP contribution in [0.15, 0.2) is 0 Å². The van der Waals surface area contributed by atoms with Gasteiger partial charge in [0.25, 0.3) is 0 Å². The number of nitrogens with one attached hydrogen (secondary N) is 1. The average molecular weight is 252 g/mol. The monoisotopic (exact) mass is 252 g/mol. The van der Waals surface area contributed by atoms with Gasteiger partial charge in [0.05, 0.1) is 11.7 Å². The van der Waals surface area contributed by atoms with Gasteiger partial charge in [0.1, 0.15) is 0 Å². The molecule has 0 fully saturated rings. The Labute approximate surface area is 94.1 Å². The van der Waals surface area contributed by atoms with Gasteiger partial charge in [-0.25, -0.2) is 13.6 Å². The molecule has 0 aliphatic carbocycles. The van der Waals surface area contributed by atoms with E-state index in [9.17, 15) is 18.0 Å². The van der Waals surface area contributed by atoms with Gasteiger partial charge in [-0.15, -0.1) is 0 Å². The van der Waals surface area contributed by atoms with Crippen molar-refractivity contribution in [2.45, 2.75) is 13.8 Å². The molecule has 0 radical (unpaired) electrons. The number of carboxylic acids is 1. The molecule has 0 bridgehead atoms. The number of hydrogen-bond donors (Lipinski definition) is 3. The molecule has 0 aromatic heterocycles. The second-order valence-electron chi connectivity index (χ2n) is 3.57. The Morgan fingerprint density at radius 2 is 1.81 bits per heavy atom. The first-order valence-corrected chi connectivity index (χ1v) is 6.37. The topological polar surface area (TPSA) is 127 Å². The van der Waals surface area contributed by atoms with Crippen LogP contribution in [0.4, 0.5) is 0 Å². The summed E-state index contributed by atoms with van der Waals surface area (Å²) in [4.78, 5) is 21.9. The zero-order valence-corrected chi connectivity index (χ0v) is 9.95. The summed E-state index contributed by atoms with van der Waals surface area (Å²) >= 11 is 0. The third-order valence-corrected chi connectivity index (χ3v) is 3.01. The molecule has 0 saturated heterocycles. The van der Waals surface area contributed by atoms with Gasteiger partial charge in [-0.05, 0) is 0 Å². The van der Waals surface area contributed by atoms with E-state index in [4.69, 9.17) is 10.2 Å². The fourth-order valence-corrected chi connectivity index (χ4v) is 1.30. The van der Waals surface area contributed by atoms with Gasteiger partial charge >= 0.3 is 5.97 Å². The Hall–Kier alpha value is -1.15. The molecule has 16 heavy (non-hydrogen) atoms. The van der Waals surface area contributed by atoms with Gasteiger partial charge in [0, 0.05) is 12.5 Å². The minimum Gasteiger partial charge on any atom is -0.481 e. The van der Waals surface area contributed by atoms with Crippen LogP contribution in [0.1, 0.15) is 13.8 Å². The van der Waals surface area contributed by atoms with Crippen molar-refractivity contribution in [1.29, 1.82) is 0 Å². The molecule has 0 aromatic rings. The van der Waals surface area contributed by atoms with E-state index in [0.717, 1.165) is 0 Å². The maximum Gasteiger partial charge on any atom is 0.307 e. The van der Waals surface area contributed by atoms with E-state index in [1.165, 1.54) is 13.8 Å².